The summed E-state index contributed by atoms with van der Waals surface area (Å²) < 4.78 is 27.8. The Labute approximate surface area is 159 Å². The predicted molar refractivity (Wildman–Crippen MR) is 104 cm³/mol. The fraction of sp³-hybridized carbons (Fsp3) is 0.667. The van der Waals surface area contributed by atoms with Crippen LogP contribution in [-0.4, -0.2) is 48.9 Å². The Morgan fingerprint density at radius 3 is 2.68 bits per heavy atom. The lowest BCUT2D eigenvalue weighted by Gasteiger charge is -2.46. The van der Waals surface area contributed by atoms with E-state index in [4.69, 9.17) is 11.6 Å². The summed E-state index contributed by atoms with van der Waals surface area (Å²) in [6.45, 7) is 6.05. The maximum atomic E-state index is 13.0. The van der Waals surface area contributed by atoms with Crippen molar-refractivity contribution in [2.24, 2.45) is 5.92 Å². The van der Waals surface area contributed by atoms with E-state index < -0.39 is 10.0 Å². The van der Waals surface area contributed by atoms with Gasteiger partial charge in [0.05, 0.1) is 4.90 Å². The number of sulfonamides is 1. The van der Waals surface area contributed by atoms with E-state index in [2.05, 4.69) is 5.32 Å². The highest BCUT2D eigenvalue weighted by molar-refractivity contribution is 8.01. The minimum absolute atomic E-state index is 0.115. The fourth-order valence-electron chi connectivity index (χ4n) is 3.79. The lowest BCUT2D eigenvalue weighted by molar-refractivity contribution is 0.219. The van der Waals surface area contributed by atoms with Gasteiger partial charge >= 0.3 is 0 Å². The van der Waals surface area contributed by atoms with Crippen molar-refractivity contribution in [1.82, 2.24) is 9.62 Å². The monoisotopic (exact) mass is 400 g/mol. The van der Waals surface area contributed by atoms with Gasteiger partial charge in [-0.15, -0.1) is 0 Å². The molecule has 1 aliphatic carbocycles. The van der Waals surface area contributed by atoms with Crippen LogP contribution < -0.4 is 5.32 Å². The van der Waals surface area contributed by atoms with Crippen molar-refractivity contribution < 1.29 is 8.42 Å². The number of thioether (sulfide) groups is 1. The average Bonchev–Trinajstić information content (AvgIpc) is 3.24. The number of hydrogen-bond donors (Lipinski definition) is 1. The molecule has 0 radical (unpaired) electrons. The summed E-state index contributed by atoms with van der Waals surface area (Å²) in [5.41, 5.74) is 1.53. The molecule has 3 fully saturated rings. The number of rotatable bonds is 5. The first kappa shape index (κ1) is 18.1. The molecule has 1 atom stereocenters. The van der Waals surface area contributed by atoms with E-state index in [0.717, 1.165) is 35.8 Å². The van der Waals surface area contributed by atoms with E-state index >= 15 is 0 Å². The highest BCUT2D eigenvalue weighted by Gasteiger charge is 2.53. The van der Waals surface area contributed by atoms with Gasteiger partial charge in [0.15, 0.2) is 0 Å². The van der Waals surface area contributed by atoms with Crippen LogP contribution in [0.15, 0.2) is 17.0 Å². The second kappa shape index (κ2) is 6.41. The normalized spacial score (nSPS) is 26.1. The van der Waals surface area contributed by atoms with Crippen molar-refractivity contribution in [3.05, 3.63) is 28.3 Å². The molecule has 2 aliphatic heterocycles. The summed E-state index contributed by atoms with van der Waals surface area (Å²) in [5, 5.41) is 4.29. The zero-order valence-electron chi connectivity index (χ0n) is 14.7. The van der Waals surface area contributed by atoms with Crippen molar-refractivity contribution in [1.29, 1.82) is 0 Å². The Morgan fingerprint density at radius 1 is 1.28 bits per heavy atom. The van der Waals surface area contributed by atoms with E-state index in [0.29, 0.717) is 29.0 Å². The van der Waals surface area contributed by atoms with Crippen molar-refractivity contribution >= 4 is 33.4 Å². The SMILES string of the molecule is Cc1cc(S(=O)(=O)N2CC3(CC(NCC4CC4)CS3)C2)c(C)cc1Cl. The van der Waals surface area contributed by atoms with Crippen LogP contribution in [0.3, 0.4) is 0 Å². The number of halogens is 1. The van der Waals surface area contributed by atoms with Gasteiger partial charge in [-0.25, -0.2) is 8.42 Å². The molecule has 138 valence electrons. The summed E-state index contributed by atoms with van der Waals surface area (Å²) >= 11 is 8.06. The second-order valence-electron chi connectivity index (χ2n) is 7.89. The van der Waals surface area contributed by atoms with Crippen molar-refractivity contribution in [2.75, 3.05) is 25.4 Å². The van der Waals surface area contributed by atoms with Crippen molar-refractivity contribution in [2.45, 2.75) is 48.8 Å². The Bertz CT molecular complexity index is 787. The van der Waals surface area contributed by atoms with Gasteiger partial charge in [-0.3, -0.25) is 0 Å². The van der Waals surface area contributed by atoms with Crippen LogP contribution >= 0.6 is 23.4 Å². The number of aryl methyl sites for hydroxylation is 2. The van der Waals surface area contributed by atoms with Gasteiger partial charge in [-0.2, -0.15) is 16.1 Å². The van der Waals surface area contributed by atoms with Gasteiger partial charge < -0.3 is 5.32 Å². The maximum Gasteiger partial charge on any atom is 0.243 e. The molecule has 2 heterocycles. The zero-order valence-corrected chi connectivity index (χ0v) is 17.1. The van der Waals surface area contributed by atoms with E-state index in [1.165, 1.54) is 12.8 Å². The Kier molecular flexibility index (Phi) is 4.64. The molecule has 1 aromatic carbocycles. The molecule has 1 spiro atoms. The van der Waals surface area contributed by atoms with Crippen LogP contribution in [0.2, 0.25) is 5.02 Å². The van der Waals surface area contributed by atoms with E-state index in [1.807, 2.05) is 25.6 Å². The summed E-state index contributed by atoms with van der Waals surface area (Å²) in [6.07, 6.45) is 3.81. The molecule has 1 aromatic rings. The molecular formula is C18H25ClN2O2S2. The van der Waals surface area contributed by atoms with Gasteiger partial charge in [-0.05, 0) is 68.8 Å². The molecule has 0 aromatic heterocycles. The van der Waals surface area contributed by atoms with Crippen LogP contribution in [0, 0.1) is 19.8 Å². The smallest absolute Gasteiger partial charge is 0.243 e. The maximum absolute atomic E-state index is 13.0. The molecule has 1 unspecified atom stereocenters. The third-order valence-electron chi connectivity index (χ3n) is 5.60. The van der Waals surface area contributed by atoms with Gasteiger partial charge in [0.2, 0.25) is 10.0 Å². The second-order valence-corrected chi connectivity index (χ2v) is 11.7. The van der Waals surface area contributed by atoms with Gasteiger partial charge in [0.25, 0.3) is 0 Å². The zero-order chi connectivity index (χ0) is 17.8. The molecule has 4 nitrogen and oxygen atoms in total. The van der Waals surface area contributed by atoms with Crippen molar-refractivity contribution in [3.63, 3.8) is 0 Å². The van der Waals surface area contributed by atoms with Crippen molar-refractivity contribution in [3.8, 4) is 0 Å². The predicted octanol–water partition coefficient (Wildman–Crippen LogP) is 3.21. The number of nitrogens with zero attached hydrogens (tertiary/aromatic N) is 1. The third kappa shape index (κ3) is 3.48. The van der Waals surface area contributed by atoms with Gasteiger partial charge in [0, 0.05) is 34.7 Å². The molecule has 25 heavy (non-hydrogen) atoms. The minimum atomic E-state index is -3.43. The van der Waals surface area contributed by atoms with E-state index in [9.17, 15) is 8.42 Å². The Hall–Kier alpha value is -0.270. The summed E-state index contributed by atoms with van der Waals surface area (Å²) in [5.74, 6) is 1.98. The fourth-order valence-corrected chi connectivity index (χ4v) is 7.68. The van der Waals surface area contributed by atoms with Crippen LogP contribution in [0.1, 0.15) is 30.4 Å². The lowest BCUT2D eigenvalue weighted by atomic mass is 9.94. The number of benzene rings is 1. The molecule has 4 rings (SSSR count). The summed E-state index contributed by atoms with van der Waals surface area (Å²) in [4.78, 5) is 0.399. The molecular weight excluding hydrogens is 376 g/mol. The van der Waals surface area contributed by atoms with E-state index in [-0.39, 0.29) is 4.75 Å². The largest absolute Gasteiger partial charge is 0.313 e. The van der Waals surface area contributed by atoms with Crippen LogP contribution in [0.4, 0.5) is 0 Å². The molecule has 0 amide bonds. The molecule has 0 bridgehead atoms. The Balaban J connectivity index is 1.42. The van der Waals surface area contributed by atoms with Crippen LogP contribution in [-0.2, 0) is 10.0 Å². The molecule has 1 saturated carbocycles. The van der Waals surface area contributed by atoms with Gasteiger partial charge in [0.1, 0.15) is 0 Å². The summed E-state index contributed by atoms with van der Waals surface area (Å²) in [6, 6.07) is 4.00. The first-order valence-electron chi connectivity index (χ1n) is 8.93. The standard InChI is InChI=1S/C18H25ClN2O2S2/c1-12-6-17(13(2)5-16(12)19)25(22,23)21-10-18(11-21)7-15(9-24-18)20-8-14-3-4-14/h5-6,14-15,20H,3-4,7-11H2,1-2H3. The first-order chi connectivity index (χ1) is 11.8. The molecule has 3 aliphatic rings. The average molecular weight is 401 g/mol. The highest BCUT2D eigenvalue weighted by atomic mass is 35.5. The highest BCUT2D eigenvalue weighted by Crippen LogP contribution is 2.47. The number of nitrogens with one attached hydrogen (secondary N) is 1. The first-order valence-corrected chi connectivity index (χ1v) is 11.7. The lowest BCUT2D eigenvalue weighted by Crippen LogP contribution is -2.60. The minimum Gasteiger partial charge on any atom is -0.313 e. The quantitative estimate of drug-likeness (QED) is 0.824. The topological polar surface area (TPSA) is 49.4 Å². The van der Waals surface area contributed by atoms with Gasteiger partial charge in [-0.1, -0.05) is 11.6 Å². The van der Waals surface area contributed by atoms with Crippen LogP contribution in [0.5, 0.6) is 0 Å². The Morgan fingerprint density at radius 2 is 2.00 bits per heavy atom. The molecule has 1 N–H and O–H groups in total. The summed E-state index contributed by atoms with van der Waals surface area (Å²) in [7, 11) is -3.43. The van der Waals surface area contributed by atoms with E-state index in [1.54, 1.807) is 16.4 Å². The van der Waals surface area contributed by atoms with Crippen LogP contribution in [0.25, 0.3) is 0 Å². The number of hydrogen-bond acceptors (Lipinski definition) is 4. The molecule has 2 saturated heterocycles. The third-order valence-corrected chi connectivity index (χ3v) is 9.55. The molecule has 7 heteroatoms.